The quantitative estimate of drug-likeness (QED) is 0.127. The summed E-state index contributed by atoms with van der Waals surface area (Å²) in [7, 11) is -10.8. The molecule has 0 fully saturated rings. The van der Waals surface area contributed by atoms with Gasteiger partial charge in [0.2, 0.25) is 35.8 Å². The van der Waals surface area contributed by atoms with E-state index in [1.54, 1.807) is 24.3 Å². The van der Waals surface area contributed by atoms with Crippen LogP contribution in [0.3, 0.4) is 0 Å². The first-order chi connectivity index (χ1) is 21.2. The Labute approximate surface area is 321 Å². The Morgan fingerprint density at radius 2 is 0.917 bits per heavy atom. The predicted molar refractivity (Wildman–Crippen MR) is 172 cm³/mol. The molecule has 0 amide bonds. The Hall–Kier alpha value is -2.92. The third-order valence-electron chi connectivity index (χ3n) is 5.74. The molecule has 0 saturated heterocycles. The summed E-state index contributed by atoms with van der Waals surface area (Å²) in [6, 6.07) is 8.23. The predicted octanol–water partition coefficient (Wildman–Crippen LogP) is -4.58. The van der Waals surface area contributed by atoms with E-state index in [0.717, 1.165) is 6.07 Å². The van der Waals surface area contributed by atoms with Crippen LogP contribution in [0, 0.1) is 0 Å². The fourth-order valence-corrected chi connectivity index (χ4v) is 5.37. The van der Waals surface area contributed by atoms with Crippen molar-refractivity contribution in [3.8, 4) is 0 Å². The van der Waals surface area contributed by atoms with E-state index in [2.05, 4.69) is 61.9 Å². The first-order valence-electron chi connectivity index (χ1n) is 13.6. The van der Waals surface area contributed by atoms with Crippen LogP contribution in [-0.4, -0.2) is 72.8 Å². The zero-order chi connectivity index (χ0) is 33.7. The third kappa shape index (κ3) is 10.5. The van der Waals surface area contributed by atoms with E-state index in [4.69, 9.17) is 0 Å². The van der Waals surface area contributed by atoms with Gasteiger partial charge in [-0.2, -0.15) is 20.0 Å². The standard InChI is InChI=1S/C26H32N12O6S2.2Na/c1-25(2,3)37-23-33-19-27-13-7-9-14(10-8-13)28-20-32-22(36-24(34-20)38-26(4,5)6)30-16-11-15(29-21(31-19)35-23)17(45(39,40)41)12-18(16)46(42,43)44;;/h7-12H,1-6H3,(H,39,40,41)(H,42,43,44)(H3,27,29,31,33,35,37)(H3,28,30,32,34,36,38);;/q;2*+1/p-2. The van der Waals surface area contributed by atoms with Crippen molar-refractivity contribution >= 4 is 78.7 Å². The van der Waals surface area contributed by atoms with Gasteiger partial charge in [0.25, 0.3) is 0 Å². The maximum Gasteiger partial charge on any atom is 1.00 e. The van der Waals surface area contributed by atoms with Crippen LogP contribution in [0.4, 0.5) is 22.7 Å². The van der Waals surface area contributed by atoms with Crippen molar-refractivity contribution in [2.75, 3.05) is 10.6 Å². The summed E-state index contributed by atoms with van der Waals surface area (Å²) in [5.74, 6) is -0.0349. The number of aliphatic imine (C=N–C) groups is 6. The minimum atomic E-state index is -5.38. The SMILES string of the molecule is CC(C)(C)NC1=NC2=Nc3cc(c(S(=O)(=O)[O-])cc3S(=O)(=O)[O-])N=C3N=C(NC(C)(C)C)N=C(N3)Nc3ccc(cc3)NC(=N1)N2.[Na+].[Na+]. The summed E-state index contributed by atoms with van der Waals surface area (Å²) in [5, 5.41) is 18.0. The molecule has 4 heterocycles. The van der Waals surface area contributed by atoms with Gasteiger partial charge in [0, 0.05) is 22.5 Å². The van der Waals surface area contributed by atoms with Gasteiger partial charge in [-0.05, 0) is 77.9 Å². The van der Waals surface area contributed by atoms with E-state index in [1.807, 2.05) is 41.5 Å². The molecule has 4 aliphatic rings. The maximum atomic E-state index is 12.3. The molecule has 48 heavy (non-hydrogen) atoms. The molecule has 4 aliphatic heterocycles. The number of benzene rings is 2. The summed E-state index contributed by atoms with van der Waals surface area (Å²) < 4.78 is 74.0. The van der Waals surface area contributed by atoms with Crippen LogP contribution in [0.1, 0.15) is 41.5 Å². The normalized spacial score (nSPS) is 16.1. The number of fused-ring (bicyclic) bond motifs is 2. The molecule has 18 nitrogen and oxygen atoms in total. The molecule has 8 bridgehead atoms. The van der Waals surface area contributed by atoms with Crippen LogP contribution < -0.4 is 91.0 Å². The largest absolute Gasteiger partial charge is 1.00 e. The molecule has 0 spiro atoms. The van der Waals surface area contributed by atoms with Gasteiger partial charge in [0.05, 0.1) is 21.2 Å². The second-order valence-corrected chi connectivity index (χ2v) is 14.9. The third-order valence-corrected chi connectivity index (χ3v) is 7.47. The molecule has 2 aromatic rings. The molecule has 0 saturated carbocycles. The number of rotatable bonds is 2. The van der Waals surface area contributed by atoms with Gasteiger partial charge in [-0.15, -0.1) is 0 Å². The van der Waals surface area contributed by atoms with Crippen molar-refractivity contribution in [2.45, 2.75) is 62.4 Å². The molecule has 0 aliphatic carbocycles. The second kappa shape index (κ2) is 14.5. The first-order valence-corrected chi connectivity index (χ1v) is 16.4. The van der Waals surface area contributed by atoms with E-state index < -0.39 is 52.5 Å². The van der Waals surface area contributed by atoms with Crippen LogP contribution >= 0.6 is 0 Å². The van der Waals surface area contributed by atoms with Crippen molar-refractivity contribution in [2.24, 2.45) is 30.0 Å². The topological polar surface area (TPSA) is 261 Å². The van der Waals surface area contributed by atoms with E-state index in [-0.39, 0.29) is 94.9 Å². The summed E-state index contributed by atoms with van der Waals surface area (Å²) in [6.45, 7) is 11.2. The molecular weight excluding hydrogens is 686 g/mol. The fraction of sp³-hybridized carbons (Fsp3) is 0.308. The molecule has 22 heteroatoms. The molecular formula is C26H30N12Na2O6S2. The summed E-state index contributed by atoms with van der Waals surface area (Å²) in [6.07, 6.45) is 0. The van der Waals surface area contributed by atoms with Crippen molar-refractivity contribution in [1.29, 1.82) is 0 Å². The van der Waals surface area contributed by atoms with Gasteiger partial charge in [-0.25, -0.2) is 26.8 Å². The monoisotopic (exact) mass is 716 g/mol. The van der Waals surface area contributed by atoms with Crippen molar-refractivity contribution in [1.82, 2.24) is 21.3 Å². The van der Waals surface area contributed by atoms with Crippen LogP contribution in [0.25, 0.3) is 0 Å². The molecule has 6 N–H and O–H groups in total. The average Bonchev–Trinajstić information content (AvgIpc) is 2.86. The number of hydrogen-bond donors (Lipinski definition) is 6. The van der Waals surface area contributed by atoms with Crippen molar-refractivity contribution in [3.05, 3.63) is 36.4 Å². The fourth-order valence-electron chi connectivity index (χ4n) is 4.05. The molecule has 2 aromatic carbocycles. The number of hydrogen-bond acceptors (Lipinski definition) is 18. The Morgan fingerprint density at radius 1 is 0.562 bits per heavy atom. The van der Waals surface area contributed by atoms with Gasteiger partial charge in [0.1, 0.15) is 20.2 Å². The van der Waals surface area contributed by atoms with Crippen LogP contribution in [-0.2, 0) is 20.2 Å². The van der Waals surface area contributed by atoms with E-state index in [1.165, 1.54) is 0 Å². The maximum absolute atomic E-state index is 12.3. The number of nitrogens with one attached hydrogen (secondary N) is 6. The summed E-state index contributed by atoms with van der Waals surface area (Å²) in [4.78, 5) is 23.7. The Morgan fingerprint density at radius 3 is 1.23 bits per heavy atom. The van der Waals surface area contributed by atoms with E-state index >= 15 is 0 Å². The van der Waals surface area contributed by atoms with Gasteiger partial charge in [-0.3, -0.25) is 10.6 Å². The molecule has 244 valence electrons. The Bertz CT molecular complexity index is 1870. The summed E-state index contributed by atoms with van der Waals surface area (Å²) in [5.41, 5.74) is -0.959. The smallest absolute Gasteiger partial charge is 0.744 e. The van der Waals surface area contributed by atoms with Crippen molar-refractivity contribution < 1.29 is 85.1 Å². The van der Waals surface area contributed by atoms with E-state index in [0.29, 0.717) is 17.4 Å². The summed E-state index contributed by atoms with van der Waals surface area (Å²) >= 11 is 0. The number of guanidine groups is 6. The zero-order valence-electron chi connectivity index (χ0n) is 27.4. The Kier molecular flexibility index (Phi) is 11.9. The van der Waals surface area contributed by atoms with Crippen molar-refractivity contribution in [3.63, 3.8) is 0 Å². The molecule has 6 rings (SSSR count). The second-order valence-electron chi connectivity index (χ2n) is 12.2. The number of anilines is 2. The van der Waals surface area contributed by atoms with Gasteiger partial charge >= 0.3 is 59.1 Å². The Balaban J connectivity index is 0.00000312. The van der Waals surface area contributed by atoms with Gasteiger partial charge in [-0.1, -0.05) is 0 Å². The molecule has 0 radical (unpaired) electrons. The van der Waals surface area contributed by atoms with Crippen LogP contribution in [0.15, 0.2) is 76.1 Å². The van der Waals surface area contributed by atoms with E-state index in [9.17, 15) is 25.9 Å². The molecule has 0 atom stereocenters. The number of nitrogens with zero attached hydrogens (tertiary/aromatic N) is 6. The van der Waals surface area contributed by atoms with Gasteiger partial charge in [0.15, 0.2) is 0 Å². The zero-order valence-corrected chi connectivity index (χ0v) is 33.0. The molecule has 0 unspecified atom stereocenters. The van der Waals surface area contributed by atoms with Crippen LogP contribution in [0.5, 0.6) is 0 Å². The molecule has 0 aromatic heterocycles. The minimum Gasteiger partial charge on any atom is -0.744 e. The average molecular weight is 717 g/mol. The first kappa shape index (κ1) is 39.5. The van der Waals surface area contributed by atoms with Gasteiger partial charge < -0.3 is 30.4 Å². The van der Waals surface area contributed by atoms with Crippen LogP contribution in [0.2, 0.25) is 0 Å². The minimum absolute atomic E-state index is 0.